The van der Waals surface area contributed by atoms with Crippen molar-refractivity contribution < 1.29 is 4.79 Å². The van der Waals surface area contributed by atoms with Crippen molar-refractivity contribution in [2.45, 2.75) is 13.5 Å². The van der Waals surface area contributed by atoms with Gasteiger partial charge in [0.25, 0.3) is 5.91 Å². The molecule has 0 radical (unpaired) electrons. The van der Waals surface area contributed by atoms with Crippen LogP contribution >= 0.6 is 0 Å². The summed E-state index contributed by atoms with van der Waals surface area (Å²) in [7, 11) is 1.64. The minimum absolute atomic E-state index is 0.0577. The summed E-state index contributed by atoms with van der Waals surface area (Å²) < 4.78 is 0. The highest BCUT2D eigenvalue weighted by molar-refractivity contribution is 5.94. The molecule has 98 valence electrons. The van der Waals surface area contributed by atoms with Crippen molar-refractivity contribution in [3.05, 3.63) is 65.2 Å². The minimum Gasteiger partial charge on any atom is -0.381 e. The van der Waals surface area contributed by atoms with Gasteiger partial charge in [-0.2, -0.15) is 0 Å². The summed E-state index contributed by atoms with van der Waals surface area (Å²) in [5, 5.41) is 6.01. The van der Waals surface area contributed by atoms with Crippen molar-refractivity contribution in [3.8, 4) is 0 Å². The summed E-state index contributed by atoms with van der Waals surface area (Å²) >= 11 is 0. The third kappa shape index (κ3) is 3.35. The van der Waals surface area contributed by atoms with Gasteiger partial charge in [0, 0.05) is 24.8 Å². The first-order valence-electron chi connectivity index (χ1n) is 6.31. The number of aryl methyl sites for hydroxylation is 1. The lowest BCUT2D eigenvalue weighted by atomic mass is 10.1. The summed E-state index contributed by atoms with van der Waals surface area (Å²) in [6.45, 7) is 2.78. The Morgan fingerprint density at radius 1 is 1.11 bits per heavy atom. The molecule has 0 atom stereocenters. The summed E-state index contributed by atoms with van der Waals surface area (Å²) in [6.07, 6.45) is 0. The molecule has 1 amide bonds. The Morgan fingerprint density at radius 2 is 1.84 bits per heavy atom. The zero-order valence-corrected chi connectivity index (χ0v) is 11.2. The molecule has 2 aromatic carbocycles. The van der Waals surface area contributed by atoms with Crippen molar-refractivity contribution in [3.63, 3.8) is 0 Å². The number of nitrogens with one attached hydrogen (secondary N) is 2. The minimum atomic E-state index is -0.0577. The summed E-state index contributed by atoms with van der Waals surface area (Å²) in [4.78, 5) is 11.5. The number of rotatable bonds is 4. The van der Waals surface area contributed by atoms with Crippen molar-refractivity contribution in [2.24, 2.45) is 0 Å². The molecule has 0 aliphatic carbocycles. The van der Waals surface area contributed by atoms with E-state index in [1.54, 1.807) is 7.05 Å². The number of hydrogen-bond donors (Lipinski definition) is 2. The maximum absolute atomic E-state index is 11.5. The molecule has 2 aromatic rings. The summed E-state index contributed by atoms with van der Waals surface area (Å²) in [6, 6.07) is 15.9. The monoisotopic (exact) mass is 254 g/mol. The second-order valence-corrected chi connectivity index (χ2v) is 4.45. The largest absolute Gasteiger partial charge is 0.381 e. The van der Waals surface area contributed by atoms with Gasteiger partial charge in [0.15, 0.2) is 0 Å². The maximum Gasteiger partial charge on any atom is 0.251 e. The Labute approximate surface area is 113 Å². The molecule has 0 heterocycles. The van der Waals surface area contributed by atoms with E-state index in [0.29, 0.717) is 5.56 Å². The lowest BCUT2D eigenvalue weighted by Gasteiger charge is -2.11. The number of amides is 1. The standard InChI is InChI=1S/C16H18N2O/c1-12-10-14(16(19)17-2)8-9-15(12)18-11-13-6-4-3-5-7-13/h3-10,18H,11H2,1-2H3,(H,17,19). The first kappa shape index (κ1) is 13.1. The Bertz CT molecular complexity index is 564. The van der Waals surface area contributed by atoms with Crippen LogP contribution < -0.4 is 10.6 Å². The van der Waals surface area contributed by atoms with Crippen LogP contribution in [0.4, 0.5) is 5.69 Å². The lowest BCUT2D eigenvalue weighted by molar-refractivity contribution is 0.0963. The summed E-state index contributed by atoms with van der Waals surface area (Å²) in [5.41, 5.74) is 4.04. The maximum atomic E-state index is 11.5. The SMILES string of the molecule is CNC(=O)c1ccc(NCc2ccccc2)c(C)c1. The van der Waals surface area contributed by atoms with Crippen molar-refractivity contribution in [1.29, 1.82) is 0 Å². The van der Waals surface area contributed by atoms with Crippen LogP contribution in [-0.2, 0) is 6.54 Å². The molecule has 2 rings (SSSR count). The van der Waals surface area contributed by atoms with Crippen molar-refractivity contribution in [1.82, 2.24) is 5.32 Å². The highest BCUT2D eigenvalue weighted by atomic mass is 16.1. The van der Waals surface area contributed by atoms with Gasteiger partial charge < -0.3 is 10.6 Å². The van der Waals surface area contributed by atoms with Crippen LogP contribution in [0.25, 0.3) is 0 Å². The Morgan fingerprint density at radius 3 is 2.47 bits per heavy atom. The van der Waals surface area contributed by atoms with E-state index in [2.05, 4.69) is 22.8 Å². The molecule has 0 saturated heterocycles. The lowest BCUT2D eigenvalue weighted by Crippen LogP contribution is -2.17. The van der Waals surface area contributed by atoms with E-state index in [9.17, 15) is 4.79 Å². The fourth-order valence-corrected chi connectivity index (χ4v) is 1.94. The predicted molar refractivity (Wildman–Crippen MR) is 78.3 cm³/mol. The molecule has 2 N–H and O–H groups in total. The first-order chi connectivity index (χ1) is 9.20. The van der Waals surface area contributed by atoms with Crippen LogP contribution in [0, 0.1) is 6.92 Å². The highest BCUT2D eigenvalue weighted by Gasteiger charge is 2.05. The molecular weight excluding hydrogens is 236 g/mol. The average Bonchev–Trinajstić information content (AvgIpc) is 2.46. The highest BCUT2D eigenvalue weighted by Crippen LogP contribution is 2.17. The Balaban J connectivity index is 2.07. The van der Waals surface area contributed by atoms with Crippen molar-refractivity contribution in [2.75, 3.05) is 12.4 Å². The normalized spacial score (nSPS) is 10.0. The quantitative estimate of drug-likeness (QED) is 0.880. The number of hydrogen-bond acceptors (Lipinski definition) is 2. The van der Waals surface area contributed by atoms with Gasteiger partial charge >= 0.3 is 0 Å². The Kier molecular flexibility index (Phi) is 4.18. The molecule has 0 aliphatic rings. The second-order valence-electron chi connectivity index (χ2n) is 4.45. The summed E-state index contributed by atoms with van der Waals surface area (Å²) in [5.74, 6) is -0.0577. The Hall–Kier alpha value is -2.29. The van der Waals surface area contributed by atoms with Crippen LogP contribution in [0.2, 0.25) is 0 Å². The molecule has 0 aliphatic heterocycles. The molecular formula is C16H18N2O. The van der Waals surface area contributed by atoms with Crippen LogP contribution in [-0.4, -0.2) is 13.0 Å². The molecule has 0 bridgehead atoms. The van der Waals surface area contributed by atoms with E-state index in [4.69, 9.17) is 0 Å². The van der Waals surface area contributed by atoms with E-state index >= 15 is 0 Å². The van der Waals surface area contributed by atoms with Crippen molar-refractivity contribution >= 4 is 11.6 Å². The van der Waals surface area contributed by atoms with Gasteiger partial charge in [0.2, 0.25) is 0 Å². The molecule has 19 heavy (non-hydrogen) atoms. The number of anilines is 1. The van der Waals surface area contributed by atoms with Gasteiger partial charge in [0.05, 0.1) is 0 Å². The van der Waals surface area contributed by atoms with Gasteiger partial charge in [0.1, 0.15) is 0 Å². The number of benzene rings is 2. The van der Waals surface area contributed by atoms with Gasteiger partial charge in [-0.1, -0.05) is 30.3 Å². The van der Waals surface area contributed by atoms with Gasteiger partial charge in [-0.05, 0) is 36.2 Å². The van der Waals surface area contributed by atoms with E-state index in [0.717, 1.165) is 17.8 Å². The van der Waals surface area contributed by atoms with Gasteiger partial charge in [-0.15, -0.1) is 0 Å². The molecule has 0 unspecified atom stereocenters. The van der Waals surface area contributed by atoms with Crippen LogP contribution in [0.1, 0.15) is 21.5 Å². The molecule has 0 saturated carbocycles. The van der Waals surface area contributed by atoms with Crippen LogP contribution in [0.15, 0.2) is 48.5 Å². The van der Waals surface area contributed by atoms with E-state index < -0.39 is 0 Å². The van der Waals surface area contributed by atoms with Gasteiger partial charge in [-0.3, -0.25) is 4.79 Å². The van der Waals surface area contributed by atoms with E-state index in [1.165, 1.54) is 5.56 Å². The average molecular weight is 254 g/mol. The van der Waals surface area contributed by atoms with E-state index in [-0.39, 0.29) is 5.91 Å². The topological polar surface area (TPSA) is 41.1 Å². The van der Waals surface area contributed by atoms with E-state index in [1.807, 2.05) is 43.3 Å². The third-order valence-electron chi connectivity index (χ3n) is 3.04. The van der Waals surface area contributed by atoms with Gasteiger partial charge in [-0.25, -0.2) is 0 Å². The molecule has 0 aromatic heterocycles. The molecule has 3 nitrogen and oxygen atoms in total. The fraction of sp³-hybridized carbons (Fsp3) is 0.188. The smallest absolute Gasteiger partial charge is 0.251 e. The number of carbonyl (C=O) groups excluding carboxylic acids is 1. The second kappa shape index (κ2) is 6.05. The number of carbonyl (C=O) groups is 1. The van der Waals surface area contributed by atoms with Crippen LogP contribution in [0.3, 0.4) is 0 Å². The molecule has 3 heteroatoms. The zero-order chi connectivity index (χ0) is 13.7. The fourth-order valence-electron chi connectivity index (χ4n) is 1.94. The predicted octanol–water partition coefficient (Wildman–Crippen LogP) is 2.97. The zero-order valence-electron chi connectivity index (χ0n) is 11.2. The third-order valence-corrected chi connectivity index (χ3v) is 3.04. The first-order valence-corrected chi connectivity index (χ1v) is 6.31. The molecule has 0 spiro atoms. The van der Waals surface area contributed by atoms with Crippen LogP contribution in [0.5, 0.6) is 0 Å². The molecule has 0 fully saturated rings.